The Balaban J connectivity index is 2.30. The highest BCUT2D eigenvalue weighted by atomic mass is 79.9. The van der Waals surface area contributed by atoms with E-state index in [1.54, 1.807) is 7.11 Å². The Morgan fingerprint density at radius 3 is 2.80 bits per heavy atom. The van der Waals surface area contributed by atoms with E-state index in [0.717, 1.165) is 4.47 Å². The van der Waals surface area contributed by atoms with Crippen LogP contribution in [0, 0.1) is 0 Å². The van der Waals surface area contributed by atoms with Gasteiger partial charge in [0.15, 0.2) is 5.69 Å². The molecule has 0 fully saturated rings. The molecule has 0 radical (unpaired) electrons. The summed E-state index contributed by atoms with van der Waals surface area (Å²) in [6.07, 6.45) is 2.85. The number of carbonyl (C=O) groups is 1. The molecular formula is C13H12BrN3O3. The van der Waals surface area contributed by atoms with Gasteiger partial charge in [-0.25, -0.2) is 9.78 Å². The molecule has 0 amide bonds. The van der Waals surface area contributed by atoms with Crippen molar-refractivity contribution in [1.29, 1.82) is 0 Å². The number of ether oxygens (including phenoxy) is 2. The van der Waals surface area contributed by atoms with Crippen molar-refractivity contribution in [2.24, 2.45) is 0 Å². The zero-order valence-corrected chi connectivity index (χ0v) is 12.5. The molecule has 1 aromatic heterocycles. The Morgan fingerprint density at radius 1 is 1.30 bits per heavy atom. The number of esters is 1. The third kappa shape index (κ3) is 3.24. The molecule has 0 spiro atoms. The van der Waals surface area contributed by atoms with E-state index in [-0.39, 0.29) is 5.69 Å². The second-order valence-corrected chi connectivity index (χ2v) is 4.67. The van der Waals surface area contributed by atoms with Crippen LogP contribution in [0.4, 0.5) is 11.5 Å². The summed E-state index contributed by atoms with van der Waals surface area (Å²) in [7, 11) is 2.87. The third-order valence-corrected chi connectivity index (χ3v) is 2.95. The predicted molar refractivity (Wildman–Crippen MR) is 77.3 cm³/mol. The van der Waals surface area contributed by atoms with Gasteiger partial charge in [-0.3, -0.25) is 4.98 Å². The standard InChI is InChI=1S/C13H12BrN3O3/c1-19-11-4-3-8(14)5-9(11)16-12-7-15-6-10(17-12)13(18)20-2/h3-7H,1-2H3,(H,16,17). The summed E-state index contributed by atoms with van der Waals surface area (Å²) in [5.74, 6) is 0.533. The van der Waals surface area contributed by atoms with Gasteiger partial charge in [-0.2, -0.15) is 0 Å². The Hall–Kier alpha value is -2.15. The number of carbonyl (C=O) groups excluding carboxylic acids is 1. The normalized spacial score (nSPS) is 9.95. The number of halogens is 1. The van der Waals surface area contributed by atoms with Crippen LogP contribution in [-0.2, 0) is 4.74 Å². The maximum absolute atomic E-state index is 11.4. The van der Waals surface area contributed by atoms with Crippen molar-refractivity contribution in [3.63, 3.8) is 0 Å². The van der Waals surface area contributed by atoms with E-state index < -0.39 is 5.97 Å². The summed E-state index contributed by atoms with van der Waals surface area (Å²) in [5, 5.41) is 3.05. The fourth-order valence-corrected chi connectivity index (χ4v) is 1.91. The fourth-order valence-electron chi connectivity index (χ4n) is 1.54. The molecule has 0 aliphatic heterocycles. The first-order valence-electron chi connectivity index (χ1n) is 5.65. The Bertz CT molecular complexity index is 634. The molecule has 2 rings (SSSR count). The smallest absolute Gasteiger partial charge is 0.358 e. The van der Waals surface area contributed by atoms with Gasteiger partial charge in [-0.1, -0.05) is 15.9 Å². The number of hydrogen-bond donors (Lipinski definition) is 1. The van der Waals surface area contributed by atoms with Crippen molar-refractivity contribution in [3.8, 4) is 5.75 Å². The van der Waals surface area contributed by atoms with Crippen LogP contribution in [0.15, 0.2) is 35.1 Å². The minimum atomic E-state index is -0.539. The highest BCUT2D eigenvalue weighted by Crippen LogP contribution is 2.29. The molecule has 20 heavy (non-hydrogen) atoms. The van der Waals surface area contributed by atoms with Gasteiger partial charge in [-0.15, -0.1) is 0 Å². The van der Waals surface area contributed by atoms with Crippen molar-refractivity contribution in [1.82, 2.24) is 9.97 Å². The molecule has 2 aromatic rings. The average Bonchev–Trinajstić information content (AvgIpc) is 2.47. The Kier molecular flexibility index (Phi) is 4.52. The monoisotopic (exact) mass is 337 g/mol. The minimum Gasteiger partial charge on any atom is -0.495 e. The van der Waals surface area contributed by atoms with E-state index in [1.165, 1.54) is 19.5 Å². The molecule has 0 aliphatic carbocycles. The number of hydrogen-bond acceptors (Lipinski definition) is 6. The van der Waals surface area contributed by atoms with Gasteiger partial charge >= 0.3 is 5.97 Å². The first-order chi connectivity index (χ1) is 9.63. The number of anilines is 2. The highest BCUT2D eigenvalue weighted by Gasteiger charge is 2.10. The molecule has 0 unspecified atom stereocenters. The van der Waals surface area contributed by atoms with Gasteiger partial charge in [0.1, 0.15) is 11.6 Å². The zero-order chi connectivity index (χ0) is 14.5. The van der Waals surface area contributed by atoms with E-state index in [1.807, 2.05) is 18.2 Å². The summed E-state index contributed by atoms with van der Waals surface area (Å²) in [6.45, 7) is 0. The van der Waals surface area contributed by atoms with Gasteiger partial charge in [0, 0.05) is 4.47 Å². The molecule has 1 N–H and O–H groups in total. The third-order valence-electron chi connectivity index (χ3n) is 2.45. The van der Waals surface area contributed by atoms with E-state index in [9.17, 15) is 4.79 Å². The molecule has 0 atom stereocenters. The number of aromatic nitrogens is 2. The number of nitrogens with zero attached hydrogens (tertiary/aromatic N) is 2. The lowest BCUT2D eigenvalue weighted by atomic mass is 10.3. The summed E-state index contributed by atoms with van der Waals surface area (Å²) in [5.41, 5.74) is 0.838. The van der Waals surface area contributed by atoms with Gasteiger partial charge in [-0.05, 0) is 18.2 Å². The van der Waals surface area contributed by atoms with Crippen molar-refractivity contribution in [2.75, 3.05) is 19.5 Å². The van der Waals surface area contributed by atoms with Crippen molar-refractivity contribution in [3.05, 3.63) is 40.8 Å². The van der Waals surface area contributed by atoms with Crippen molar-refractivity contribution in [2.45, 2.75) is 0 Å². The van der Waals surface area contributed by atoms with Crippen LogP contribution in [0.1, 0.15) is 10.5 Å². The highest BCUT2D eigenvalue weighted by molar-refractivity contribution is 9.10. The summed E-state index contributed by atoms with van der Waals surface area (Å²) < 4.78 is 10.7. The van der Waals surface area contributed by atoms with E-state index >= 15 is 0 Å². The largest absolute Gasteiger partial charge is 0.495 e. The lowest BCUT2D eigenvalue weighted by molar-refractivity contribution is 0.0593. The van der Waals surface area contributed by atoms with E-state index in [0.29, 0.717) is 17.3 Å². The molecule has 7 heteroatoms. The van der Waals surface area contributed by atoms with E-state index in [2.05, 4.69) is 36.0 Å². The number of benzene rings is 1. The number of methoxy groups -OCH3 is 2. The molecule has 0 saturated heterocycles. The lowest BCUT2D eigenvalue weighted by Gasteiger charge is -2.11. The summed E-state index contributed by atoms with van der Waals surface area (Å²) in [4.78, 5) is 19.5. The van der Waals surface area contributed by atoms with Gasteiger partial charge in [0.25, 0.3) is 0 Å². The molecule has 0 aliphatic rings. The molecule has 1 aromatic carbocycles. The van der Waals surface area contributed by atoms with Crippen molar-refractivity contribution < 1.29 is 14.3 Å². The SMILES string of the molecule is COC(=O)c1cncc(Nc2cc(Br)ccc2OC)n1. The average molecular weight is 338 g/mol. The van der Waals surface area contributed by atoms with Crippen molar-refractivity contribution >= 4 is 33.4 Å². The van der Waals surface area contributed by atoms with Gasteiger partial charge < -0.3 is 14.8 Å². The van der Waals surface area contributed by atoms with Crippen LogP contribution in [0.5, 0.6) is 5.75 Å². The predicted octanol–water partition coefficient (Wildman–Crippen LogP) is 2.78. The quantitative estimate of drug-likeness (QED) is 0.865. The first-order valence-corrected chi connectivity index (χ1v) is 6.44. The molecule has 1 heterocycles. The van der Waals surface area contributed by atoms with Crippen LogP contribution < -0.4 is 10.1 Å². The lowest BCUT2D eigenvalue weighted by Crippen LogP contribution is -2.07. The maximum atomic E-state index is 11.4. The topological polar surface area (TPSA) is 73.3 Å². The summed E-state index contributed by atoms with van der Waals surface area (Å²) >= 11 is 3.38. The van der Waals surface area contributed by atoms with E-state index in [4.69, 9.17) is 4.74 Å². The van der Waals surface area contributed by atoms with Gasteiger partial charge in [0.05, 0.1) is 32.3 Å². The first kappa shape index (κ1) is 14.3. The molecular weight excluding hydrogens is 326 g/mol. The van der Waals surface area contributed by atoms with Gasteiger partial charge in [0.2, 0.25) is 0 Å². The second-order valence-electron chi connectivity index (χ2n) is 3.75. The molecule has 0 bridgehead atoms. The molecule has 0 saturated carbocycles. The van der Waals surface area contributed by atoms with Crippen LogP contribution in [0.2, 0.25) is 0 Å². The number of nitrogens with one attached hydrogen (secondary N) is 1. The molecule has 6 nitrogen and oxygen atoms in total. The second kappa shape index (κ2) is 6.33. The van der Waals surface area contributed by atoms with Crippen LogP contribution in [0.3, 0.4) is 0 Å². The van der Waals surface area contributed by atoms with Crippen LogP contribution in [0.25, 0.3) is 0 Å². The number of rotatable bonds is 4. The zero-order valence-electron chi connectivity index (χ0n) is 10.9. The Morgan fingerprint density at radius 2 is 2.10 bits per heavy atom. The molecule has 104 valence electrons. The van der Waals surface area contributed by atoms with Crippen LogP contribution >= 0.6 is 15.9 Å². The summed E-state index contributed by atoms with van der Waals surface area (Å²) in [6, 6.07) is 5.51. The van der Waals surface area contributed by atoms with Crippen LogP contribution in [-0.4, -0.2) is 30.2 Å². The Labute approximate surface area is 124 Å². The minimum absolute atomic E-state index is 0.131. The maximum Gasteiger partial charge on any atom is 0.358 e. The fraction of sp³-hybridized carbons (Fsp3) is 0.154.